The van der Waals surface area contributed by atoms with Crippen molar-refractivity contribution >= 4 is 17.7 Å². The Hall–Kier alpha value is -0.640. The predicted molar refractivity (Wildman–Crippen MR) is 35.7 cm³/mol. The van der Waals surface area contributed by atoms with E-state index in [0.29, 0.717) is 0 Å². The van der Waals surface area contributed by atoms with Gasteiger partial charge in [0.05, 0.1) is 10.9 Å². The highest BCUT2D eigenvalue weighted by molar-refractivity contribution is 8.04. The second-order valence-corrected chi connectivity index (χ2v) is 2.69. The number of thioether (sulfide) groups is 1. The number of fused-ring (bicyclic) bond motifs is 1. The van der Waals surface area contributed by atoms with E-state index in [1.165, 1.54) is 10.9 Å². The first-order valence-corrected chi connectivity index (χ1v) is 3.49. The molecule has 3 nitrogen and oxygen atoms in total. The lowest BCUT2D eigenvalue weighted by Gasteiger charge is -2.10. The lowest BCUT2D eigenvalue weighted by molar-refractivity contribution is -0.134. The summed E-state index contributed by atoms with van der Waals surface area (Å²) < 4.78 is 0. The van der Waals surface area contributed by atoms with Gasteiger partial charge in [0.25, 0.3) is 5.97 Å². The molecule has 0 aromatic heterocycles. The molecule has 0 aromatic carbocycles. The quantitative estimate of drug-likeness (QED) is 0.549. The molecule has 1 fully saturated rings. The fraction of sp³-hybridized carbons (Fsp3) is 0.400. The molecule has 0 aromatic rings. The number of aliphatic carboxylic acids is 1. The molecule has 0 saturated carbocycles. The summed E-state index contributed by atoms with van der Waals surface area (Å²) in [6.07, 6.45) is 2.16. The SMILES string of the molecule is C1=C2SCN12.CC(=O)O. The minimum absolute atomic E-state index is 0.833. The second-order valence-electron chi connectivity index (χ2n) is 1.73. The maximum Gasteiger partial charge on any atom is 0.300 e. The fourth-order valence-electron chi connectivity index (χ4n) is 0.393. The van der Waals surface area contributed by atoms with Crippen molar-refractivity contribution in [2.75, 3.05) is 5.88 Å². The highest BCUT2D eigenvalue weighted by atomic mass is 32.2. The van der Waals surface area contributed by atoms with Crippen LogP contribution >= 0.6 is 11.8 Å². The Bertz CT molecular complexity index is 162. The summed E-state index contributed by atoms with van der Waals surface area (Å²) in [7, 11) is 0. The Kier molecular flexibility index (Phi) is 1.66. The molecule has 50 valence electrons. The van der Waals surface area contributed by atoms with Crippen molar-refractivity contribution in [1.29, 1.82) is 0 Å². The Morgan fingerprint density at radius 2 is 2.44 bits per heavy atom. The van der Waals surface area contributed by atoms with Gasteiger partial charge in [-0.15, -0.1) is 0 Å². The number of rotatable bonds is 0. The van der Waals surface area contributed by atoms with E-state index in [4.69, 9.17) is 9.90 Å². The van der Waals surface area contributed by atoms with Crippen molar-refractivity contribution in [3.05, 3.63) is 11.2 Å². The standard InChI is InChI=1S/C3H3NS.C2H4O2/c1-3-4(1)2-5-3;1-2(3)4/h1H,2H2;1H3,(H,3,4). The lowest BCUT2D eigenvalue weighted by Crippen LogP contribution is -2.04. The van der Waals surface area contributed by atoms with Gasteiger partial charge < -0.3 is 10.0 Å². The van der Waals surface area contributed by atoms with E-state index in [0.717, 1.165) is 6.92 Å². The number of nitrogens with zero attached hydrogens (tertiary/aromatic N) is 1. The Morgan fingerprint density at radius 3 is 2.44 bits per heavy atom. The highest BCUT2D eigenvalue weighted by Gasteiger charge is 2.30. The zero-order chi connectivity index (χ0) is 6.85. The molecule has 2 aliphatic rings. The van der Waals surface area contributed by atoms with Crippen LogP contribution in [0.3, 0.4) is 0 Å². The van der Waals surface area contributed by atoms with Crippen LogP contribution in [0.25, 0.3) is 0 Å². The molecule has 0 radical (unpaired) electrons. The first-order valence-electron chi connectivity index (χ1n) is 2.51. The largest absolute Gasteiger partial charge is 0.481 e. The van der Waals surface area contributed by atoms with Gasteiger partial charge in [-0.25, -0.2) is 0 Å². The highest BCUT2D eigenvalue weighted by Crippen LogP contribution is 2.44. The summed E-state index contributed by atoms with van der Waals surface area (Å²) >= 11 is 1.92. The Morgan fingerprint density at radius 1 is 2.00 bits per heavy atom. The van der Waals surface area contributed by atoms with Crippen LogP contribution in [0, 0.1) is 0 Å². The van der Waals surface area contributed by atoms with E-state index in [1.54, 1.807) is 0 Å². The summed E-state index contributed by atoms with van der Waals surface area (Å²) in [4.78, 5) is 11.2. The topological polar surface area (TPSA) is 40.3 Å². The third kappa shape index (κ3) is 1.97. The molecule has 0 bridgehead atoms. The first-order chi connectivity index (χ1) is 4.20. The first kappa shape index (κ1) is 6.48. The van der Waals surface area contributed by atoms with Crippen molar-refractivity contribution in [3.63, 3.8) is 0 Å². The van der Waals surface area contributed by atoms with E-state index in [-0.39, 0.29) is 0 Å². The van der Waals surface area contributed by atoms with Crippen LogP contribution in [0.1, 0.15) is 6.92 Å². The van der Waals surface area contributed by atoms with Gasteiger partial charge in [-0.2, -0.15) is 0 Å². The van der Waals surface area contributed by atoms with Gasteiger partial charge in [-0.3, -0.25) is 4.79 Å². The lowest BCUT2D eigenvalue weighted by atomic mass is 10.9. The van der Waals surface area contributed by atoms with Crippen molar-refractivity contribution in [1.82, 2.24) is 4.90 Å². The summed E-state index contributed by atoms with van der Waals surface area (Å²) in [6.45, 7) is 1.08. The maximum absolute atomic E-state index is 9.00. The smallest absolute Gasteiger partial charge is 0.300 e. The molecule has 0 atom stereocenters. The van der Waals surface area contributed by atoms with Crippen LogP contribution in [-0.2, 0) is 4.79 Å². The van der Waals surface area contributed by atoms with Crippen molar-refractivity contribution in [3.8, 4) is 0 Å². The number of carbonyl (C=O) groups is 1. The second kappa shape index (κ2) is 2.31. The summed E-state index contributed by atoms with van der Waals surface area (Å²) in [5.41, 5.74) is 0. The van der Waals surface area contributed by atoms with Crippen LogP contribution in [0.15, 0.2) is 11.2 Å². The van der Waals surface area contributed by atoms with Gasteiger partial charge in [0, 0.05) is 13.1 Å². The van der Waals surface area contributed by atoms with Crippen LogP contribution in [0.2, 0.25) is 0 Å². The average Bonchev–Trinajstić information content (AvgIpc) is 2.10. The minimum atomic E-state index is -0.833. The van der Waals surface area contributed by atoms with E-state index in [1.807, 2.05) is 11.8 Å². The van der Waals surface area contributed by atoms with Gasteiger partial charge in [0.1, 0.15) is 0 Å². The predicted octanol–water partition coefficient (Wildman–Crippen LogP) is 0.896. The fourth-order valence-corrected chi connectivity index (χ4v) is 1.10. The van der Waals surface area contributed by atoms with Crippen molar-refractivity contribution < 1.29 is 9.90 Å². The number of carboxylic acid groups (broad SMARTS) is 1. The molecular weight excluding hydrogens is 138 g/mol. The molecule has 4 heteroatoms. The Balaban J connectivity index is 0.0000000945. The number of carboxylic acids is 1. The normalized spacial score (nSPS) is 17.9. The van der Waals surface area contributed by atoms with Crippen molar-refractivity contribution in [2.45, 2.75) is 6.92 Å². The Labute approximate surface area is 57.3 Å². The van der Waals surface area contributed by atoms with Crippen LogP contribution in [0.4, 0.5) is 0 Å². The molecule has 2 rings (SSSR count). The molecule has 2 heterocycles. The third-order valence-corrected chi connectivity index (χ3v) is 1.88. The van der Waals surface area contributed by atoms with Gasteiger partial charge >= 0.3 is 0 Å². The zero-order valence-corrected chi connectivity index (χ0v) is 5.81. The molecule has 0 unspecified atom stereocenters. The summed E-state index contributed by atoms with van der Waals surface area (Å²) in [5.74, 6) is 0.384. The number of hydrogen-bond acceptors (Lipinski definition) is 3. The molecule has 1 N–H and O–H groups in total. The minimum Gasteiger partial charge on any atom is -0.481 e. The van der Waals surface area contributed by atoms with Gasteiger partial charge in [-0.05, 0) is 0 Å². The maximum atomic E-state index is 9.00. The molecule has 0 amide bonds. The molecule has 2 aliphatic heterocycles. The molecule has 1 saturated heterocycles. The van der Waals surface area contributed by atoms with E-state index >= 15 is 0 Å². The van der Waals surface area contributed by atoms with E-state index in [9.17, 15) is 0 Å². The van der Waals surface area contributed by atoms with Gasteiger partial charge in [0.2, 0.25) is 0 Å². The summed E-state index contributed by atoms with van der Waals surface area (Å²) in [6, 6.07) is 0. The monoisotopic (exact) mass is 145 g/mol. The molecular formula is C5H7NO2S. The van der Waals surface area contributed by atoms with Crippen LogP contribution in [0.5, 0.6) is 0 Å². The van der Waals surface area contributed by atoms with Crippen LogP contribution < -0.4 is 0 Å². The average molecular weight is 145 g/mol. The number of hydrogen-bond donors (Lipinski definition) is 1. The molecule has 0 aliphatic carbocycles. The van der Waals surface area contributed by atoms with Gasteiger partial charge in [0.15, 0.2) is 0 Å². The molecule has 0 spiro atoms. The van der Waals surface area contributed by atoms with Crippen molar-refractivity contribution in [2.24, 2.45) is 0 Å². The summed E-state index contributed by atoms with van der Waals surface area (Å²) in [5, 5.41) is 8.89. The van der Waals surface area contributed by atoms with E-state index in [2.05, 4.69) is 11.1 Å². The van der Waals surface area contributed by atoms with Crippen LogP contribution in [-0.4, -0.2) is 21.9 Å². The zero-order valence-electron chi connectivity index (χ0n) is 5.00. The van der Waals surface area contributed by atoms with Gasteiger partial charge in [-0.1, -0.05) is 11.8 Å². The molecule has 9 heavy (non-hydrogen) atoms. The van der Waals surface area contributed by atoms with E-state index < -0.39 is 5.97 Å². The third-order valence-electron chi connectivity index (χ3n) is 0.833.